The molecule has 52 heavy (non-hydrogen) atoms. The SMILES string of the molecule is COc1cccc(C2CN(C(=O)c3csc(C4CCN(C(=O)c5ccccc5-c5ccc(C(F)(F)F)cc5)CC4)n3)C(SC)=Nc3ccccc32)c1. The molecule has 7 nitrogen and oxygen atoms in total. The summed E-state index contributed by atoms with van der Waals surface area (Å²) in [5, 5.41) is 3.26. The molecule has 2 aliphatic heterocycles. The Labute approximate surface area is 308 Å². The number of thioether (sulfide) groups is 1. The van der Waals surface area contributed by atoms with Crippen molar-refractivity contribution in [1.29, 1.82) is 0 Å². The Morgan fingerprint density at radius 2 is 1.63 bits per heavy atom. The number of aromatic nitrogens is 1. The molecule has 0 spiro atoms. The van der Waals surface area contributed by atoms with Gasteiger partial charge in [-0.3, -0.25) is 14.5 Å². The number of amides is 2. The van der Waals surface area contributed by atoms with Crippen LogP contribution in [0.3, 0.4) is 0 Å². The summed E-state index contributed by atoms with van der Waals surface area (Å²) in [6.45, 7) is 1.36. The molecule has 2 aliphatic rings. The molecule has 0 radical (unpaired) electrons. The lowest BCUT2D eigenvalue weighted by Gasteiger charge is -2.31. The number of carbonyl (C=O) groups is 2. The Bertz CT molecular complexity index is 2120. The van der Waals surface area contributed by atoms with Crippen molar-refractivity contribution in [3.63, 3.8) is 0 Å². The van der Waals surface area contributed by atoms with Crippen molar-refractivity contribution < 1.29 is 27.5 Å². The maximum absolute atomic E-state index is 14.2. The lowest BCUT2D eigenvalue weighted by Crippen LogP contribution is -2.38. The number of piperidine rings is 1. The third-order valence-corrected chi connectivity index (χ3v) is 11.3. The second-order valence-corrected chi connectivity index (χ2v) is 14.3. The fourth-order valence-corrected chi connectivity index (χ4v) is 8.38. The standard InChI is InChI=1S/C40H35F3N4O3S2/c1-50-29-9-7-8-27(22-29)33-23-47(39(51-2)45-34-13-6-5-11-31(33)34)38(49)35-24-52-36(44-35)26-18-20-46(21-19-26)37(48)32-12-4-3-10-30(32)25-14-16-28(17-15-25)40(41,42)43/h3-17,22,24,26,33H,18-21,23H2,1-2H3. The molecule has 1 unspecified atom stereocenters. The topological polar surface area (TPSA) is 75.1 Å². The number of nitrogens with zero attached hydrogens (tertiary/aromatic N) is 4. The van der Waals surface area contributed by atoms with Crippen LogP contribution < -0.4 is 4.74 Å². The average Bonchev–Trinajstić information content (AvgIpc) is 3.61. The van der Waals surface area contributed by atoms with Crippen molar-refractivity contribution >= 4 is 45.8 Å². The van der Waals surface area contributed by atoms with Crippen LogP contribution in [0, 0.1) is 0 Å². The van der Waals surface area contributed by atoms with Gasteiger partial charge in [0.1, 0.15) is 11.4 Å². The van der Waals surface area contributed by atoms with Gasteiger partial charge in [0.25, 0.3) is 11.8 Å². The van der Waals surface area contributed by atoms with Crippen molar-refractivity contribution in [3.05, 3.63) is 135 Å². The van der Waals surface area contributed by atoms with Crippen LogP contribution in [0.5, 0.6) is 5.75 Å². The number of amidine groups is 1. The third-order valence-electron chi connectivity index (χ3n) is 9.60. The fourth-order valence-electron chi connectivity index (χ4n) is 6.85. The van der Waals surface area contributed by atoms with E-state index in [1.165, 1.54) is 35.2 Å². The van der Waals surface area contributed by atoms with Gasteiger partial charge in [-0.2, -0.15) is 13.2 Å². The summed E-state index contributed by atoms with van der Waals surface area (Å²) in [5.74, 6) is 0.285. The number of hydrogen-bond donors (Lipinski definition) is 0. The van der Waals surface area contributed by atoms with Gasteiger partial charge in [-0.1, -0.05) is 72.4 Å². The van der Waals surface area contributed by atoms with Crippen molar-refractivity contribution in [2.24, 2.45) is 4.99 Å². The first kappa shape index (κ1) is 35.5. The van der Waals surface area contributed by atoms with E-state index < -0.39 is 11.7 Å². The van der Waals surface area contributed by atoms with E-state index in [9.17, 15) is 22.8 Å². The minimum Gasteiger partial charge on any atom is -0.497 e. The molecular weight excluding hydrogens is 706 g/mol. The van der Waals surface area contributed by atoms with Crippen LogP contribution in [0.25, 0.3) is 11.1 Å². The highest BCUT2D eigenvalue weighted by molar-refractivity contribution is 8.13. The number of methoxy groups -OCH3 is 1. The van der Waals surface area contributed by atoms with E-state index in [1.807, 2.05) is 54.1 Å². The van der Waals surface area contributed by atoms with Gasteiger partial charge < -0.3 is 9.64 Å². The molecule has 0 bridgehead atoms. The summed E-state index contributed by atoms with van der Waals surface area (Å²) < 4.78 is 45.0. The molecule has 3 heterocycles. The van der Waals surface area contributed by atoms with Gasteiger partial charge >= 0.3 is 6.18 Å². The molecule has 0 saturated carbocycles. The quantitative estimate of drug-likeness (QED) is 0.174. The van der Waals surface area contributed by atoms with E-state index in [4.69, 9.17) is 14.7 Å². The zero-order valence-electron chi connectivity index (χ0n) is 28.5. The minimum absolute atomic E-state index is 0.0763. The molecule has 5 aromatic rings. The summed E-state index contributed by atoms with van der Waals surface area (Å²) >= 11 is 2.87. The van der Waals surface area contributed by atoms with Gasteiger partial charge in [0.05, 0.1) is 23.4 Å². The second kappa shape index (κ2) is 15.0. The van der Waals surface area contributed by atoms with Crippen molar-refractivity contribution in [2.75, 3.05) is 33.0 Å². The minimum atomic E-state index is -4.44. The number of carbonyl (C=O) groups excluding carboxylic acids is 2. The molecule has 0 N–H and O–H groups in total. The highest BCUT2D eigenvalue weighted by Gasteiger charge is 2.34. The first-order valence-corrected chi connectivity index (χ1v) is 18.9. The molecule has 1 fully saturated rings. The number of thiazole rings is 1. The van der Waals surface area contributed by atoms with Crippen molar-refractivity contribution in [2.45, 2.75) is 30.9 Å². The Morgan fingerprint density at radius 1 is 0.904 bits per heavy atom. The summed E-state index contributed by atoms with van der Waals surface area (Å²) in [4.78, 5) is 41.2. The van der Waals surface area contributed by atoms with Crippen LogP contribution in [0.2, 0.25) is 0 Å². The first-order chi connectivity index (χ1) is 25.1. The van der Waals surface area contributed by atoms with Crippen LogP contribution in [0.1, 0.15) is 67.2 Å². The molecular formula is C40H35F3N4O3S2. The van der Waals surface area contributed by atoms with Crippen molar-refractivity contribution in [3.8, 4) is 16.9 Å². The third kappa shape index (κ3) is 7.22. The second-order valence-electron chi connectivity index (χ2n) is 12.7. The van der Waals surface area contributed by atoms with E-state index in [1.54, 1.807) is 41.2 Å². The summed E-state index contributed by atoms with van der Waals surface area (Å²) in [6, 6.07) is 27.7. The van der Waals surface area contributed by atoms with Gasteiger partial charge in [-0.05, 0) is 77.7 Å². The number of rotatable bonds is 6. The van der Waals surface area contributed by atoms with E-state index in [-0.39, 0.29) is 23.7 Å². The molecule has 7 rings (SSSR count). The van der Waals surface area contributed by atoms with Gasteiger partial charge in [0.2, 0.25) is 0 Å². The van der Waals surface area contributed by atoms with Gasteiger partial charge in [-0.25, -0.2) is 9.98 Å². The molecule has 2 amide bonds. The predicted octanol–water partition coefficient (Wildman–Crippen LogP) is 9.50. The number of aliphatic imine (C=N–C) groups is 1. The number of ether oxygens (including phenoxy) is 1. The number of fused-ring (bicyclic) bond motifs is 1. The average molecular weight is 741 g/mol. The van der Waals surface area contributed by atoms with Crippen molar-refractivity contribution in [1.82, 2.24) is 14.8 Å². The lowest BCUT2D eigenvalue weighted by molar-refractivity contribution is -0.137. The molecule has 0 aliphatic carbocycles. The molecule has 266 valence electrons. The summed E-state index contributed by atoms with van der Waals surface area (Å²) in [7, 11) is 1.64. The largest absolute Gasteiger partial charge is 0.497 e. The van der Waals surface area contributed by atoms with Gasteiger partial charge in [0.15, 0.2) is 5.17 Å². The highest BCUT2D eigenvalue weighted by atomic mass is 32.2. The Hall–Kier alpha value is -4.94. The maximum atomic E-state index is 14.2. The lowest BCUT2D eigenvalue weighted by atomic mass is 9.89. The number of hydrogen-bond acceptors (Lipinski definition) is 7. The van der Waals surface area contributed by atoms with Crippen LogP contribution in [0.15, 0.2) is 107 Å². The highest BCUT2D eigenvalue weighted by Crippen LogP contribution is 2.39. The number of benzene rings is 4. The Balaban J connectivity index is 1.06. The van der Waals surface area contributed by atoms with E-state index in [2.05, 4.69) is 6.07 Å². The Kier molecular flexibility index (Phi) is 10.2. The predicted molar refractivity (Wildman–Crippen MR) is 200 cm³/mol. The first-order valence-electron chi connectivity index (χ1n) is 16.8. The van der Waals surface area contributed by atoms with Crippen LogP contribution in [-0.4, -0.2) is 64.8 Å². The van der Waals surface area contributed by atoms with E-state index >= 15 is 0 Å². The monoisotopic (exact) mass is 740 g/mol. The van der Waals surface area contributed by atoms with E-state index in [0.717, 1.165) is 39.7 Å². The van der Waals surface area contributed by atoms with Crippen LogP contribution in [0.4, 0.5) is 18.9 Å². The molecule has 4 aromatic carbocycles. The normalized spacial score (nSPS) is 16.6. The fraction of sp³-hybridized carbons (Fsp3) is 0.250. The Morgan fingerprint density at radius 3 is 2.37 bits per heavy atom. The molecule has 1 saturated heterocycles. The zero-order valence-corrected chi connectivity index (χ0v) is 30.1. The number of para-hydroxylation sites is 1. The zero-order chi connectivity index (χ0) is 36.4. The van der Waals surface area contributed by atoms with Gasteiger partial charge in [-0.15, -0.1) is 11.3 Å². The summed E-state index contributed by atoms with van der Waals surface area (Å²) in [6.07, 6.45) is -1.18. The van der Waals surface area contributed by atoms with Gasteiger partial charge in [0, 0.05) is 42.4 Å². The maximum Gasteiger partial charge on any atom is 0.416 e. The van der Waals surface area contributed by atoms with E-state index in [0.29, 0.717) is 60.0 Å². The number of likely N-dealkylation sites (tertiary alicyclic amines) is 1. The molecule has 12 heteroatoms. The molecule has 1 aromatic heterocycles. The smallest absolute Gasteiger partial charge is 0.416 e. The summed E-state index contributed by atoms with van der Waals surface area (Å²) in [5.41, 5.74) is 4.07. The molecule has 1 atom stereocenters. The van der Waals surface area contributed by atoms with Crippen LogP contribution in [-0.2, 0) is 6.18 Å². The number of halogens is 3. The number of alkyl halides is 3. The van der Waals surface area contributed by atoms with Crippen LogP contribution >= 0.6 is 23.1 Å².